The van der Waals surface area contributed by atoms with Gasteiger partial charge in [0.25, 0.3) is 0 Å². The SMILES string of the molecule is COC(=O)C1(C(=O)OC)Oc2ccccc2C1=C1C=C(C(C)(C)C)C(=O)C(C(C)(C)C)=C1. The molecule has 6 heteroatoms. The van der Waals surface area contributed by atoms with Gasteiger partial charge in [-0.2, -0.15) is 0 Å². The van der Waals surface area contributed by atoms with Crippen molar-refractivity contribution in [3.8, 4) is 5.75 Å². The summed E-state index contributed by atoms with van der Waals surface area (Å²) in [5.41, 5.74) is -0.481. The quantitative estimate of drug-likeness (QED) is 0.502. The van der Waals surface area contributed by atoms with Crippen LogP contribution in [0, 0.1) is 10.8 Å². The molecule has 3 rings (SSSR count). The predicted octanol–water partition coefficient (Wildman–Crippen LogP) is 4.45. The van der Waals surface area contributed by atoms with Gasteiger partial charge in [-0.15, -0.1) is 0 Å². The first-order chi connectivity index (χ1) is 14.8. The molecule has 0 radical (unpaired) electrons. The highest BCUT2D eigenvalue weighted by Gasteiger charge is 2.60. The molecule has 0 atom stereocenters. The lowest BCUT2D eigenvalue weighted by Crippen LogP contribution is -2.52. The average molecular weight is 439 g/mol. The third-order valence-corrected chi connectivity index (χ3v) is 5.71. The zero-order valence-electron chi connectivity index (χ0n) is 19.9. The Hall–Kier alpha value is -3.15. The van der Waals surface area contributed by atoms with Crippen molar-refractivity contribution in [2.24, 2.45) is 10.8 Å². The van der Waals surface area contributed by atoms with Gasteiger partial charge in [-0.05, 0) is 34.6 Å². The van der Waals surface area contributed by atoms with E-state index in [4.69, 9.17) is 14.2 Å². The number of methoxy groups -OCH3 is 2. The number of esters is 2. The van der Waals surface area contributed by atoms with Gasteiger partial charge in [0.1, 0.15) is 5.75 Å². The van der Waals surface area contributed by atoms with Gasteiger partial charge in [0.05, 0.1) is 14.2 Å². The maximum Gasteiger partial charge on any atom is 0.367 e. The first kappa shape index (κ1) is 23.5. The Morgan fingerprint density at radius 2 is 1.31 bits per heavy atom. The fraction of sp³-hybridized carbons (Fsp3) is 0.423. The molecule has 0 fully saturated rings. The molecule has 32 heavy (non-hydrogen) atoms. The van der Waals surface area contributed by atoms with Crippen molar-refractivity contribution < 1.29 is 28.6 Å². The number of Topliss-reactive ketones (excluding diaryl/α,β-unsaturated/α-hetero) is 1. The van der Waals surface area contributed by atoms with E-state index < -0.39 is 28.4 Å². The maximum absolute atomic E-state index is 13.4. The number of benzene rings is 1. The smallest absolute Gasteiger partial charge is 0.367 e. The minimum atomic E-state index is -2.14. The van der Waals surface area contributed by atoms with Crippen LogP contribution in [0.15, 0.2) is 53.1 Å². The van der Waals surface area contributed by atoms with Crippen LogP contribution in [0.25, 0.3) is 5.57 Å². The molecule has 0 unspecified atom stereocenters. The fourth-order valence-electron chi connectivity index (χ4n) is 4.07. The number of hydrogen-bond donors (Lipinski definition) is 0. The van der Waals surface area contributed by atoms with Gasteiger partial charge < -0.3 is 14.2 Å². The van der Waals surface area contributed by atoms with Crippen LogP contribution in [0.5, 0.6) is 5.75 Å². The molecule has 0 N–H and O–H groups in total. The number of carbonyl (C=O) groups excluding carboxylic acids is 3. The zero-order valence-corrected chi connectivity index (χ0v) is 19.9. The van der Waals surface area contributed by atoms with Gasteiger partial charge in [-0.25, -0.2) is 9.59 Å². The van der Waals surface area contributed by atoms with Crippen molar-refractivity contribution in [3.05, 3.63) is 58.7 Å². The molecule has 6 nitrogen and oxygen atoms in total. The highest BCUT2D eigenvalue weighted by Crippen LogP contribution is 2.50. The minimum Gasteiger partial charge on any atom is -0.465 e. The number of ketones is 1. The van der Waals surface area contributed by atoms with Crippen molar-refractivity contribution >= 4 is 23.3 Å². The molecule has 1 aliphatic carbocycles. The Kier molecular flexibility index (Phi) is 5.71. The molecule has 0 bridgehead atoms. The van der Waals surface area contributed by atoms with Crippen LogP contribution in [0.1, 0.15) is 47.1 Å². The second kappa shape index (κ2) is 7.76. The zero-order chi connectivity index (χ0) is 24.1. The third-order valence-electron chi connectivity index (χ3n) is 5.71. The van der Waals surface area contributed by atoms with Crippen LogP contribution in [-0.2, 0) is 23.9 Å². The molecular formula is C26H30O6. The lowest BCUT2D eigenvalue weighted by atomic mass is 9.70. The molecule has 0 spiro atoms. The molecule has 0 aromatic heterocycles. The molecule has 1 heterocycles. The average Bonchev–Trinajstić information content (AvgIpc) is 3.07. The standard InChI is InChI=1S/C26H30O6/c1-24(2,3)17-13-15(14-18(21(17)27)25(4,5)6)20-16-11-9-10-12-19(16)32-26(20,22(28)30-7)23(29)31-8/h9-14H,1-8H3. The van der Waals surface area contributed by atoms with Crippen LogP contribution >= 0.6 is 0 Å². The van der Waals surface area contributed by atoms with Gasteiger partial charge in [-0.3, -0.25) is 4.79 Å². The van der Waals surface area contributed by atoms with Crippen LogP contribution in [-0.4, -0.2) is 37.5 Å². The minimum absolute atomic E-state index is 0.0525. The lowest BCUT2D eigenvalue weighted by molar-refractivity contribution is -0.169. The number of carbonyl (C=O) groups is 3. The second-order valence-electron chi connectivity index (χ2n) is 10.0. The van der Waals surface area contributed by atoms with E-state index in [-0.39, 0.29) is 5.78 Å². The Labute approximate surface area is 188 Å². The van der Waals surface area contributed by atoms with E-state index in [0.717, 1.165) is 0 Å². The van der Waals surface area contributed by atoms with Crippen molar-refractivity contribution in [1.82, 2.24) is 0 Å². The maximum atomic E-state index is 13.4. The van der Waals surface area contributed by atoms with E-state index in [1.54, 1.807) is 36.4 Å². The summed E-state index contributed by atoms with van der Waals surface area (Å²) in [5, 5.41) is 0. The molecule has 1 aliphatic heterocycles. The lowest BCUT2D eigenvalue weighted by Gasteiger charge is -2.33. The van der Waals surface area contributed by atoms with Gasteiger partial charge in [0.15, 0.2) is 5.78 Å². The fourth-order valence-corrected chi connectivity index (χ4v) is 4.07. The molecular weight excluding hydrogens is 408 g/mol. The van der Waals surface area contributed by atoms with Crippen LogP contribution in [0.4, 0.5) is 0 Å². The molecule has 1 aromatic carbocycles. The van der Waals surface area contributed by atoms with Crippen molar-refractivity contribution in [3.63, 3.8) is 0 Å². The van der Waals surface area contributed by atoms with Crippen LogP contribution in [0.3, 0.4) is 0 Å². The Balaban J connectivity index is 2.50. The predicted molar refractivity (Wildman–Crippen MR) is 121 cm³/mol. The number of fused-ring (bicyclic) bond motifs is 1. The van der Waals surface area contributed by atoms with Gasteiger partial charge in [-0.1, -0.05) is 59.7 Å². The Morgan fingerprint density at radius 1 is 0.844 bits per heavy atom. The number of hydrogen-bond acceptors (Lipinski definition) is 6. The number of allylic oxidation sites excluding steroid dienone is 5. The number of rotatable bonds is 2. The monoisotopic (exact) mass is 438 g/mol. The number of para-hydroxylation sites is 1. The van der Waals surface area contributed by atoms with Gasteiger partial charge >= 0.3 is 17.5 Å². The molecule has 1 aromatic rings. The summed E-state index contributed by atoms with van der Waals surface area (Å²) >= 11 is 0. The summed E-state index contributed by atoms with van der Waals surface area (Å²) in [6.07, 6.45) is 3.50. The molecule has 0 saturated carbocycles. The topological polar surface area (TPSA) is 78.9 Å². The summed E-state index contributed by atoms with van der Waals surface area (Å²) in [7, 11) is 2.39. The van der Waals surface area contributed by atoms with E-state index in [9.17, 15) is 14.4 Å². The molecule has 2 aliphatic rings. The van der Waals surface area contributed by atoms with Crippen molar-refractivity contribution in [2.45, 2.75) is 47.1 Å². The normalized spacial score (nSPS) is 17.8. The first-order valence-electron chi connectivity index (χ1n) is 10.5. The molecule has 0 amide bonds. The Bertz CT molecular complexity index is 1030. The largest absolute Gasteiger partial charge is 0.465 e. The van der Waals surface area contributed by atoms with E-state index in [2.05, 4.69) is 0 Å². The summed E-state index contributed by atoms with van der Waals surface area (Å²) < 4.78 is 16.0. The van der Waals surface area contributed by atoms with E-state index in [1.165, 1.54) is 14.2 Å². The summed E-state index contributed by atoms with van der Waals surface area (Å²) in [5.74, 6) is -1.48. The second-order valence-corrected chi connectivity index (χ2v) is 10.0. The van der Waals surface area contributed by atoms with Crippen molar-refractivity contribution in [1.29, 1.82) is 0 Å². The van der Waals surface area contributed by atoms with Crippen molar-refractivity contribution in [2.75, 3.05) is 14.2 Å². The molecule has 0 saturated heterocycles. The summed E-state index contributed by atoms with van der Waals surface area (Å²) in [6, 6.07) is 7.00. The van der Waals surface area contributed by atoms with Gasteiger partial charge in [0.2, 0.25) is 0 Å². The number of ether oxygens (including phenoxy) is 3. The van der Waals surface area contributed by atoms with Crippen LogP contribution in [0.2, 0.25) is 0 Å². The first-order valence-corrected chi connectivity index (χ1v) is 10.5. The third kappa shape index (κ3) is 3.57. The Morgan fingerprint density at radius 3 is 1.75 bits per heavy atom. The van der Waals surface area contributed by atoms with Crippen LogP contribution < -0.4 is 4.74 Å². The summed E-state index contributed by atoms with van der Waals surface area (Å²) in [4.78, 5) is 39.6. The van der Waals surface area contributed by atoms with E-state index in [1.807, 2.05) is 41.5 Å². The molecule has 170 valence electrons. The summed E-state index contributed by atoms with van der Waals surface area (Å²) in [6.45, 7) is 11.7. The van der Waals surface area contributed by atoms with E-state index >= 15 is 0 Å². The van der Waals surface area contributed by atoms with Gasteiger partial charge in [0, 0.05) is 22.3 Å². The highest BCUT2D eigenvalue weighted by atomic mass is 16.6. The highest BCUT2D eigenvalue weighted by molar-refractivity contribution is 6.20. The van der Waals surface area contributed by atoms with E-state index in [0.29, 0.717) is 33.6 Å².